The first kappa shape index (κ1) is 29.9. The Labute approximate surface area is 262 Å². The third-order valence-electron chi connectivity index (χ3n) is 9.31. The molecule has 224 valence electrons. The standard InChI is InChI=1S/C36H34ClN3O4/c1-23-27(30-6-3-4-8-32(30)37)7-5-15-36(23,22-44-33-13-12-28-26(21-42)9-11-29(28)31(33)16-38)34-14-10-25(35(39-34)43-2)19-40-17-24(18-40)20-41/h3-8,10,12-15,23-24,41H,9,11,17-20,22H2,1-2H3. The molecule has 2 unspecified atom stereocenters. The van der Waals surface area contributed by atoms with Crippen molar-refractivity contribution in [1.29, 1.82) is 5.26 Å². The van der Waals surface area contributed by atoms with Crippen molar-refractivity contribution >= 4 is 28.7 Å². The Morgan fingerprint density at radius 3 is 2.68 bits per heavy atom. The van der Waals surface area contributed by atoms with Crippen LogP contribution in [0.3, 0.4) is 0 Å². The number of methoxy groups -OCH3 is 1. The van der Waals surface area contributed by atoms with E-state index >= 15 is 0 Å². The molecule has 1 saturated heterocycles. The number of pyridine rings is 1. The zero-order chi connectivity index (χ0) is 30.8. The highest BCUT2D eigenvalue weighted by Crippen LogP contribution is 2.46. The molecule has 7 nitrogen and oxygen atoms in total. The second kappa shape index (κ2) is 12.4. The van der Waals surface area contributed by atoms with E-state index in [1.54, 1.807) is 13.2 Å². The maximum absolute atomic E-state index is 11.4. The average molecular weight is 608 g/mol. The van der Waals surface area contributed by atoms with Crippen molar-refractivity contribution in [3.8, 4) is 17.7 Å². The van der Waals surface area contributed by atoms with Gasteiger partial charge in [0, 0.05) is 48.3 Å². The first-order chi connectivity index (χ1) is 21.4. The highest BCUT2D eigenvalue weighted by Gasteiger charge is 2.43. The predicted molar refractivity (Wildman–Crippen MR) is 170 cm³/mol. The topological polar surface area (TPSA) is 95.7 Å². The van der Waals surface area contributed by atoms with E-state index in [9.17, 15) is 15.2 Å². The molecule has 0 amide bonds. The number of rotatable bonds is 9. The summed E-state index contributed by atoms with van der Waals surface area (Å²) < 4.78 is 12.4. The molecule has 3 aliphatic rings. The van der Waals surface area contributed by atoms with Crippen molar-refractivity contribution in [2.75, 3.05) is 33.4 Å². The van der Waals surface area contributed by atoms with Gasteiger partial charge in [-0.2, -0.15) is 5.26 Å². The summed E-state index contributed by atoms with van der Waals surface area (Å²) in [6.07, 6.45) is 7.40. The van der Waals surface area contributed by atoms with Crippen LogP contribution in [0.4, 0.5) is 0 Å². The molecular weight excluding hydrogens is 574 g/mol. The van der Waals surface area contributed by atoms with Gasteiger partial charge in [0.2, 0.25) is 5.88 Å². The van der Waals surface area contributed by atoms with Crippen molar-refractivity contribution < 1.29 is 19.4 Å². The molecule has 0 saturated carbocycles. The zero-order valence-electron chi connectivity index (χ0n) is 24.8. The largest absolute Gasteiger partial charge is 0.491 e. The molecule has 3 aromatic rings. The Morgan fingerprint density at radius 2 is 1.95 bits per heavy atom. The monoisotopic (exact) mass is 607 g/mol. The normalized spacial score (nSPS) is 21.2. The van der Waals surface area contributed by atoms with E-state index in [-0.39, 0.29) is 19.1 Å². The summed E-state index contributed by atoms with van der Waals surface area (Å²) in [5.41, 5.74) is 5.68. The van der Waals surface area contributed by atoms with Crippen molar-refractivity contribution in [3.05, 3.63) is 105 Å². The SMILES string of the molecule is COc1nc(C2(COc3ccc4c(c3C#N)CCC4=C=O)C=CC=C(c3ccccc3Cl)C2C)ccc1CN1CC(CO)C1. The number of hydrogen-bond donors (Lipinski definition) is 1. The smallest absolute Gasteiger partial charge is 0.217 e. The van der Waals surface area contributed by atoms with Gasteiger partial charge in [0.25, 0.3) is 0 Å². The summed E-state index contributed by atoms with van der Waals surface area (Å²) in [4.78, 5) is 18.8. The van der Waals surface area contributed by atoms with E-state index in [1.807, 2.05) is 48.4 Å². The average Bonchev–Trinajstić information content (AvgIpc) is 3.45. The summed E-state index contributed by atoms with van der Waals surface area (Å²) in [7, 11) is 1.63. The lowest BCUT2D eigenvalue weighted by atomic mass is 9.66. The van der Waals surface area contributed by atoms with Crippen LogP contribution in [-0.4, -0.2) is 54.3 Å². The van der Waals surface area contributed by atoms with Gasteiger partial charge in [-0.25, -0.2) is 9.78 Å². The minimum absolute atomic E-state index is 0.110. The van der Waals surface area contributed by atoms with Crippen LogP contribution in [0.15, 0.2) is 66.8 Å². The highest BCUT2D eigenvalue weighted by molar-refractivity contribution is 6.32. The van der Waals surface area contributed by atoms with E-state index in [4.69, 9.17) is 26.1 Å². The van der Waals surface area contributed by atoms with Gasteiger partial charge in [-0.05, 0) is 65.3 Å². The van der Waals surface area contributed by atoms with Crippen molar-refractivity contribution in [2.24, 2.45) is 11.8 Å². The molecule has 6 rings (SSSR count). The number of aliphatic hydroxyl groups excluding tert-OH is 1. The predicted octanol–water partition coefficient (Wildman–Crippen LogP) is 5.81. The third kappa shape index (κ3) is 5.25. The lowest BCUT2D eigenvalue weighted by molar-refractivity contribution is 0.0472. The summed E-state index contributed by atoms with van der Waals surface area (Å²) in [5.74, 6) is 3.26. The number of aromatic nitrogens is 1. The summed E-state index contributed by atoms with van der Waals surface area (Å²) in [6.45, 7) is 4.93. The summed E-state index contributed by atoms with van der Waals surface area (Å²) in [6, 6.07) is 17.9. The second-order valence-corrected chi connectivity index (χ2v) is 12.2. The van der Waals surface area contributed by atoms with Crippen LogP contribution in [0.5, 0.6) is 11.6 Å². The number of allylic oxidation sites excluding steroid dienone is 4. The number of halogens is 1. The van der Waals surface area contributed by atoms with Crippen LogP contribution in [-0.2, 0) is 23.2 Å². The van der Waals surface area contributed by atoms with E-state index in [2.05, 4.69) is 36.1 Å². The summed E-state index contributed by atoms with van der Waals surface area (Å²) >= 11 is 6.69. The first-order valence-electron chi connectivity index (χ1n) is 14.9. The molecular formula is C36H34ClN3O4. The molecule has 1 aliphatic heterocycles. The van der Waals surface area contributed by atoms with Gasteiger partial charge in [-0.1, -0.05) is 61.0 Å². The molecule has 2 heterocycles. The second-order valence-electron chi connectivity index (χ2n) is 11.8. The van der Waals surface area contributed by atoms with Gasteiger partial charge in [0.05, 0.1) is 23.8 Å². The Bertz CT molecular complexity index is 1750. The van der Waals surface area contributed by atoms with Crippen LogP contribution in [0.2, 0.25) is 5.02 Å². The lowest BCUT2D eigenvalue weighted by Gasteiger charge is -2.40. The maximum atomic E-state index is 11.4. The summed E-state index contributed by atoms with van der Waals surface area (Å²) in [5, 5.41) is 20.2. The lowest BCUT2D eigenvalue weighted by Crippen LogP contribution is -2.47. The van der Waals surface area contributed by atoms with Crippen LogP contribution in [0, 0.1) is 23.2 Å². The minimum atomic E-state index is -0.729. The van der Waals surface area contributed by atoms with E-state index in [0.29, 0.717) is 53.1 Å². The van der Waals surface area contributed by atoms with Gasteiger partial charge in [0.1, 0.15) is 24.4 Å². The van der Waals surface area contributed by atoms with Crippen LogP contribution in [0.1, 0.15) is 46.9 Å². The number of hydrogen-bond acceptors (Lipinski definition) is 7. The number of likely N-dealkylation sites (tertiary alicyclic amines) is 1. The van der Waals surface area contributed by atoms with Crippen LogP contribution in [0.25, 0.3) is 11.1 Å². The fraction of sp³-hybridized carbons (Fsp3) is 0.333. The van der Waals surface area contributed by atoms with Gasteiger partial charge in [-0.15, -0.1) is 0 Å². The number of aliphatic hydroxyl groups is 1. The Kier molecular flexibility index (Phi) is 8.44. The highest BCUT2D eigenvalue weighted by atomic mass is 35.5. The molecule has 44 heavy (non-hydrogen) atoms. The number of nitrogens with zero attached hydrogens (tertiary/aromatic N) is 3. The van der Waals surface area contributed by atoms with Crippen LogP contribution >= 0.6 is 11.6 Å². The molecule has 0 radical (unpaired) electrons. The fourth-order valence-corrected chi connectivity index (χ4v) is 6.99. The van der Waals surface area contributed by atoms with Crippen molar-refractivity contribution in [3.63, 3.8) is 0 Å². The molecule has 1 fully saturated rings. The maximum Gasteiger partial charge on any atom is 0.217 e. The molecule has 2 aromatic carbocycles. The van der Waals surface area contributed by atoms with Crippen LogP contribution < -0.4 is 9.47 Å². The third-order valence-corrected chi connectivity index (χ3v) is 9.64. The Morgan fingerprint density at radius 1 is 1.14 bits per heavy atom. The number of nitriles is 1. The quantitative estimate of drug-likeness (QED) is 0.307. The van der Waals surface area contributed by atoms with E-state index in [0.717, 1.165) is 46.6 Å². The van der Waals surface area contributed by atoms with E-state index in [1.165, 1.54) is 0 Å². The number of ether oxygens (including phenoxy) is 2. The Balaban J connectivity index is 1.39. The van der Waals surface area contributed by atoms with Gasteiger partial charge in [0.15, 0.2) is 0 Å². The number of benzene rings is 2. The molecule has 2 aliphatic carbocycles. The fourth-order valence-electron chi connectivity index (χ4n) is 6.75. The molecule has 0 spiro atoms. The van der Waals surface area contributed by atoms with E-state index < -0.39 is 5.41 Å². The number of carbonyl (C=O) groups excluding carboxylic acids is 1. The zero-order valence-corrected chi connectivity index (χ0v) is 25.6. The Hall–Kier alpha value is -4.18. The van der Waals surface area contributed by atoms with Crippen molar-refractivity contribution in [1.82, 2.24) is 9.88 Å². The minimum Gasteiger partial charge on any atom is -0.491 e. The molecule has 0 bridgehead atoms. The number of fused-ring (bicyclic) bond motifs is 1. The van der Waals surface area contributed by atoms with Crippen molar-refractivity contribution in [2.45, 2.75) is 31.7 Å². The molecule has 1 aromatic heterocycles. The van der Waals surface area contributed by atoms with Gasteiger partial charge in [-0.3, -0.25) is 4.90 Å². The molecule has 8 heteroatoms. The van der Waals surface area contributed by atoms with Gasteiger partial charge < -0.3 is 14.6 Å². The van der Waals surface area contributed by atoms with Gasteiger partial charge >= 0.3 is 0 Å². The molecule has 1 N–H and O–H groups in total. The molecule has 2 atom stereocenters. The first-order valence-corrected chi connectivity index (χ1v) is 15.2.